The van der Waals surface area contributed by atoms with E-state index in [1.165, 1.54) is 0 Å². The van der Waals surface area contributed by atoms with Crippen LogP contribution in [0.15, 0.2) is 22.7 Å². The zero-order valence-electron chi connectivity index (χ0n) is 12.8. The summed E-state index contributed by atoms with van der Waals surface area (Å²) in [6, 6.07) is 5.99. The number of aromatic nitrogens is 2. The molecule has 0 atom stereocenters. The third-order valence-electron chi connectivity index (χ3n) is 4.25. The van der Waals surface area contributed by atoms with Crippen molar-refractivity contribution in [1.29, 1.82) is 0 Å². The van der Waals surface area contributed by atoms with Gasteiger partial charge in [-0.2, -0.15) is 4.98 Å². The number of hydrogen-bond acceptors (Lipinski definition) is 5. The fourth-order valence-electron chi connectivity index (χ4n) is 2.75. The minimum absolute atomic E-state index is 0.0333. The van der Waals surface area contributed by atoms with E-state index in [4.69, 9.17) is 9.26 Å². The van der Waals surface area contributed by atoms with Gasteiger partial charge in [-0.1, -0.05) is 18.1 Å². The van der Waals surface area contributed by atoms with Gasteiger partial charge in [0.15, 0.2) is 0 Å². The van der Waals surface area contributed by atoms with Gasteiger partial charge in [-0.05, 0) is 50.6 Å². The van der Waals surface area contributed by atoms with Gasteiger partial charge < -0.3 is 14.6 Å². The average molecular weight is 287 g/mol. The minimum atomic E-state index is -0.0333. The van der Waals surface area contributed by atoms with Gasteiger partial charge in [0, 0.05) is 5.41 Å². The van der Waals surface area contributed by atoms with Gasteiger partial charge in [0.25, 0.3) is 0 Å². The molecule has 0 saturated carbocycles. The number of aryl methyl sites for hydroxylation is 1. The molecule has 2 aromatic rings. The topological polar surface area (TPSA) is 60.2 Å². The number of rotatable bonds is 3. The van der Waals surface area contributed by atoms with Gasteiger partial charge in [0.2, 0.25) is 11.7 Å². The summed E-state index contributed by atoms with van der Waals surface area (Å²) in [4.78, 5) is 4.63. The molecular weight excluding hydrogens is 266 g/mol. The maximum Gasteiger partial charge on any atom is 0.232 e. The van der Waals surface area contributed by atoms with Crippen molar-refractivity contribution in [3.63, 3.8) is 0 Å². The third-order valence-corrected chi connectivity index (χ3v) is 4.25. The van der Waals surface area contributed by atoms with E-state index in [1.54, 1.807) is 7.11 Å². The Morgan fingerprint density at radius 2 is 2.05 bits per heavy atom. The molecule has 1 aromatic heterocycles. The van der Waals surface area contributed by atoms with E-state index in [2.05, 4.69) is 22.4 Å². The summed E-state index contributed by atoms with van der Waals surface area (Å²) in [5.74, 6) is 2.10. The lowest BCUT2D eigenvalue weighted by atomic mass is 9.81. The summed E-state index contributed by atoms with van der Waals surface area (Å²) in [6.07, 6.45) is 2.03. The first-order chi connectivity index (χ1) is 10.1. The first kappa shape index (κ1) is 14.1. The number of benzene rings is 1. The molecule has 0 aliphatic carbocycles. The van der Waals surface area contributed by atoms with E-state index in [9.17, 15) is 0 Å². The molecule has 5 heteroatoms. The molecule has 5 nitrogen and oxygen atoms in total. The molecule has 1 aliphatic rings. The van der Waals surface area contributed by atoms with Gasteiger partial charge in [-0.15, -0.1) is 0 Å². The monoisotopic (exact) mass is 287 g/mol. The highest BCUT2D eigenvalue weighted by atomic mass is 16.5. The molecule has 2 heterocycles. The van der Waals surface area contributed by atoms with Crippen molar-refractivity contribution in [2.45, 2.75) is 32.1 Å². The molecule has 3 rings (SSSR count). The number of hydrogen-bond donors (Lipinski definition) is 1. The lowest BCUT2D eigenvalue weighted by Crippen LogP contribution is -2.37. The SMILES string of the molecule is COc1cc(C)ccc1-c1noc(C2(C)CCNCC2)n1. The van der Waals surface area contributed by atoms with Crippen molar-refractivity contribution in [2.24, 2.45) is 0 Å². The van der Waals surface area contributed by atoms with Crippen molar-refractivity contribution in [3.05, 3.63) is 29.7 Å². The normalized spacial score (nSPS) is 17.7. The highest BCUT2D eigenvalue weighted by molar-refractivity contribution is 5.64. The molecular formula is C16H21N3O2. The molecule has 1 aromatic carbocycles. The average Bonchev–Trinajstić information content (AvgIpc) is 2.98. The summed E-state index contributed by atoms with van der Waals surface area (Å²) in [6.45, 7) is 6.20. The molecule has 0 unspecified atom stereocenters. The molecule has 21 heavy (non-hydrogen) atoms. The predicted molar refractivity (Wildman–Crippen MR) is 80.5 cm³/mol. The lowest BCUT2D eigenvalue weighted by molar-refractivity contribution is 0.241. The number of nitrogens with zero attached hydrogens (tertiary/aromatic N) is 2. The van der Waals surface area contributed by atoms with E-state index in [0.717, 1.165) is 48.7 Å². The Hall–Kier alpha value is -1.88. The minimum Gasteiger partial charge on any atom is -0.496 e. The van der Waals surface area contributed by atoms with Gasteiger partial charge in [-0.3, -0.25) is 0 Å². The number of ether oxygens (including phenoxy) is 1. The Kier molecular flexibility index (Phi) is 3.68. The maximum atomic E-state index is 5.55. The molecule has 0 radical (unpaired) electrons. The highest BCUT2D eigenvalue weighted by Crippen LogP contribution is 2.34. The number of nitrogens with one attached hydrogen (secondary N) is 1. The van der Waals surface area contributed by atoms with Crippen molar-refractivity contribution in [2.75, 3.05) is 20.2 Å². The Bertz CT molecular complexity index is 630. The summed E-state index contributed by atoms with van der Waals surface area (Å²) in [5, 5.41) is 7.52. The predicted octanol–water partition coefficient (Wildman–Crippen LogP) is 2.69. The maximum absolute atomic E-state index is 5.55. The van der Waals surface area contributed by atoms with Crippen LogP contribution in [0.2, 0.25) is 0 Å². The lowest BCUT2D eigenvalue weighted by Gasteiger charge is -2.30. The van der Waals surface area contributed by atoms with Crippen LogP contribution >= 0.6 is 0 Å². The van der Waals surface area contributed by atoms with E-state index in [0.29, 0.717) is 5.82 Å². The number of methoxy groups -OCH3 is 1. The molecule has 112 valence electrons. The number of piperidine rings is 1. The first-order valence-corrected chi connectivity index (χ1v) is 7.32. The van der Waals surface area contributed by atoms with E-state index in [1.807, 2.05) is 25.1 Å². The molecule has 1 fully saturated rings. The van der Waals surface area contributed by atoms with Crippen molar-refractivity contribution >= 4 is 0 Å². The molecule has 0 bridgehead atoms. The van der Waals surface area contributed by atoms with Crippen molar-refractivity contribution < 1.29 is 9.26 Å². The second-order valence-electron chi connectivity index (χ2n) is 5.94. The fourth-order valence-corrected chi connectivity index (χ4v) is 2.75. The zero-order valence-corrected chi connectivity index (χ0v) is 12.8. The largest absolute Gasteiger partial charge is 0.496 e. The Labute approximate surface area is 124 Å². The van der Waals surface area contributed by atoms with Crippen molar-refractivity contribution in [3.8, 4) is 17.1 Å². The third kappa shape index (κ3) is 2.65. The second-order valence-corrected chi connectivity index (χ2v) is 5.94. The van der Waals surface area contributed by atoms with Crippen LogP contribution in [0.5, 0.6) is 5.75 Å². The van der Waals surface area contributed by atoms with Gasteiger partial charge in [0.1, 0.15) is 5.75 Å². The molecule has 0 amide bonds. The van der Waals surface area contributed by atoms with Crippen LogP contribution in [0.1, 0.15) is 31.2 Å². The van der Waals surface area contributed by atoms with Crippen LogP contribution in [0.4, 0.5) is 0 Å². The highest BCUT2D eigenvalue weighted by Gasteiger charge is 2.34. The van der Waals surface area contributed by atoms with E-state index in [-0.39, 0.29) is 5.41 Å². The van der Waals surface area contributed by atoms with Crippen LogP contribution in [0.25, 0.3) is 11.4 Å². The summed E-state index contributed by atoms with van der Waals surface area (Å²) < 4.78 is 11.0. The van der Waals surface area contributed by atoms with Gasteiger partial charge in [0.05, 0.1) is 12.7 Å². The molecule has 0 spiro atoms. The van der Waals surface area contributed by atoms with Crippen LogP contribution in [0.3, 0.4) is 0 Å². The zero-order chi connectivity index (χ0) is 14.9. The summed E-state index contributed by atoms with van der Waals surface area (Å²) in [5.41, 5.74) is 1.98. The Morgan fingerprint density at radius 1 is 1.29 bits per heavy atom. The summed E-state index contributed by atoms with van der Waals surface area (Å²) in [7, 11) is 1.66. The quantitative estimate of drug-likeness (QED) is 0.940. The van der Waals surface area contributed by atoms with Crippen LogP contribution in [-0.4, -0.2) is 30.3 Å². The Morgan fingerprint density at radius 3 is 2.76 bits per heavy atom. The van der Waals surface area contributed by atoms with Crippen LogP contribution in [0, 0.1) is 6.92 Å². The standard InChI is InChI=1S/C16H21N3O2/c1-11-4-5-12(13(10-11)20-3)14-18-15(21-19-14)16(2)6-8-17-9-7-16/h4-5,10,17H,6-9H2,1-3H3. The van der Waals surface area contributed by atoms with Gasteiger partial charge >= 0.3 is 0 Å². The van der Waals surface area contributed by atoms with Crippen molar-refractivity contribution in [1.82, 2.24) is 15.5 Å². The molecule has 1 N–H and O–H groups in total. The Balaban J connectivity index is 1.95. The second kappa shape index (κ2) is 5.48. The van der Waals surface area contributed by atoms with E-state index >= 15 is 0 Å². The van der Waals surface area contributed by atoms with E-state index < -0.39 is 0 Å². The molecule has 1 aliphatic heterocycles. The van der Waals surface area contributed by atoms with Crippen LogP contribution in [-0.2, 0) is 5.41 Å². The smallest absolute Gasteiger partial charge is 0.232 e. The first-order valence-electron chi connectivity index (χ1n) is 7.32. The molecule has 1 saturated heterocycles. The van der Waals surface area contributed by atoms with Crippen LogP contribution < -0.4 is 10.1 Å². The summed E-state index contributed by atoms with van der Waals surface area (Å²) >= 11 is 0. The van der Waals surface area contributed by atoms with Gasteiger partial charge in [-0.25, -0.2) is 0 Å². The fraction of sp³-hybridized carbons (Fsp3) is 0.500.